The highest BCUT2D eigenvalue weighted by Gasteiger charge is 2.11. The van der Waals surface area contributed by atoms with E-state index in [-0.39, 0.29) is 24.5 Å². The van der Waals surface area contributed by atoms with Crippen molar-refractivity contribution in [3.8, 4) is 0 Å². The van der Waals surface area contributed by atoms with E-state index in [0.717, 1.165) is 18.5 Å². The Kier molecular flexibility index (Phi) is 4.56. The van der Waals surface area contributed by atoms with E-state index in [1.54, 1.807) is 0 Å². The first-order valence-electron chi connectivity index (χ1n) is 4.93. The third-order valence-electron chi connectivity index (χ3n) is 1.90. The van der Waals surface area contributed by atoms with Crippen LogP contribution in [0.1, 0.15) is 10.4 Å². The average Bonchev–Trinajstić information content (AvgIpc) is 2.26. The van der Waals surface area contributed by atoms with Gasteiger partial charge in [0.1, 0.15) is 11.6 Å². The summed E-state index contributed by atoms with van der Waals surface area (Å²) in [5, 5.41) is 2.39. The molecule has 0 fully saturated rings. The molecule has 0 spiro atoms. The summed E-state index contributed by atoms with van der Waals surface area (Å²) in [6.45, 7) is 0.0923. The number of nitrogens with zero attached hydrogens (tertiary/aromatic N) is 1. The summed E-state index contributed by atoms with van der Waals surface area (Å²) in [5.74, 6) is -1.39. The molecule has 100 valence electrons. The highest BCUT2D eigenvalue weighted by Crippen LogP contribution is 2.09. The van der Waals surface area contributed by atoms with Crippen molar-refractivity contribution in [2.75, 3.05) is 25.1 Å². The molecule has 0 radical (unpaired) electrons. The zero-order chi connectivity index (χ0) is 13.8. The van der Waals surface area contributed by atoms with Crippen LogP contribution >= 0.6 is 0 Å². The van der Waals surface area contributed by atoms with Crippen molar-refractivity contribution < 1.29 is 17.6 Å². The van der Waals surface area contributed by atoms with Gasteiger partial charge in [-0.05, 0) is 6.07 Å². The van der Waals surface area contributed by atoms with Crippen molar-refractivity contribution in [2.24, 2.45) is 0 Å². The largest absolute Gasteiger partial charge is 0.383 e. The molecule has 1 amide bonds. The van der Waals surface area contributed by atoms with Crippen molar-refractivity contribution in [3.63, 3.8) is 0 Å². The number of hydrogen-bond acceptors (Lipinski definition) is 5. The number of pyridine rings is 1. The van der Waals surface area contributed by atoms with Crippen molar-refractivity contribution in [2.45, 2.75) is 0 Å². The number of nitrogens with one attached hydrogen (secondary N) is 2. The molecule has 7 nitrogen and oxygen atoms in total. The normalized spacial score (nSPS) is 11.2. The van der Waals surface area contributed by atoms with E-state index in [1.165, 1.54) is 0 Å². The Labute approximate surface area is 104 Å². The fourth-order valence-electron chi connectivity index (χ4n) is 1.14. The summed E-state index contributed by atoms with van der Waals surface area (Å²) >= 11 is 0. The molecule has 18 heavy (non-hydrogen) atoms. The smallest absolute Gasteiger partial charge is 0.255 e. The minimum absolute atomic E-state index is 0.0349. The van der Waals surface area contributed by atoms with Gasteiger partial charge in [-0.25, -0.2) is 22.5 Å². The van der Waals surface area contributed by atoms with Gasteiger partial charge < -0.3 is 11.1 Å². The summed E-state index contributed by atoms with van der Waals surface area (Å²) < 4.78 is 36.5. The van der Waals surface area contributed by atoms with E-state index in [0.29, 0.717) is 0 Å². The van der Waals surface area contributed by atoms with Gasteiger partial charge in [0.15, 0.2) is 0 Å². The first-order valence-corrected chi connectivity index (χ1v) is 6.82. The molecule has 1 aromatic rings. The fraction of sp³-hybridized carbons (Fsp3) is 0.333. The highest BCUT2D eigenvalue weighted by molar-refractivity contribution is 7.88. The number of nitrogen functional groups attached to an aromatic ring is 1. The zero-order valence-electron chi connectivity index (χ0n) is 9.60. The van der Waals surface area contributed by atoms with Gasteiger partial charge in [0.25, 0.3) is 5.91 Å². The quantitative estimate of drug-likeness (QED) is 0.602. The topological polar surface area (TPSA) is 114 Å². The number of halogens is 1. The maximum absolute atomic E-state index is 12.9. The third kappa shape index (κ3) is 4.63. The molecule has 4 N–H and O–H groups in total. The lowest BCUT2D eigenvalue weighted by atomic mass is 10.2. The van der Waals surface area contributed by atoms with Gasteiger partial charge >= 0.3 is 0 Å². The molecular weight excluding hydrogens is 263 g/mol. The number of carbonyl (C=O) groups is 1. The van der Waals surface area contributed by atoms with Crippen LogP contribution in [0.3, 0.4) is 0 Å². The van der Waals surface area contributed by atoms with E-state index in [1.807, 2.05) is 0 Å². The molecule has 1 rings (SSSR count). The van der Waals surface area contributed by atoms with Gasteiger partial charge in [-0.15, -0.1) is 0 Å². The molecule has 0 bridgehead atoms. The van der Waals surface area contributed by atoms with Crippen LogP contribution in [0.5, 0.6) is 0 Å². The number of rotatable bonds is 5. The fourth-order valence-corrected chi connectivity index (χ4v) is 1.61. The predicted molar refractivity (Wildman–Crippen MR) is 63.8 cm³/mol. The zero-order valence-corrected chi connectivity index (χ0v) is 10.4. The van der Waals surface area contributed by atoms with Gasteiger partial charge in [0, 0.05) is 13.1 Å². The SMILES string of the molecule is CS(=O)(=O)NCCNC(=O)c1cc(F)cnc1N. The maximum atomic E-state index is 12.9. The molecular formula is C9H13FN4O3S. The molecule has 1 heterocycles. The van der Waals surface area contributed by atoms with Crippen LogP contribution in [0.2, 0.25) is 0 Å². The van der Waals surface area contributed by atoms with Gasteiger partial charge in [0.2, 0.25) is 10.0 Å². The molecule has 0 aromatic carbocycles. The standard InChI is InChI=1S/C9H13FN4O3S/c1-18(16,17)14-3-2-12-9(15)7-4-6(10)5-13-8(7)11/h4-5,14H,2-3H2,1H3,(H2,11,13)(H,12,15). The summed E-state index contributed by atoms with van der Waals surface area (Å²) in [6, 6.07) is 0.960. The monoisotopic (exact) mass is 276 g/mol. The number of carbonyl (C=O) groups excluding carboxylic acids is 1. The number of anilines is 1. The van der Waals surface area contributed by atoms with Crippen molar-refractivity contribution in [3.05, 3.63) is 23.6 Å². The van der Waals surface area contributed by atoms with Crippen LogP contribution < -0.4 is 15.8 Å². The lowest BCUT2D eigenvalue weighted by Crippen LogP contribution is -2.34. The van der Waals surface area contributed by atoms with Gasteiger partial charge in [0.05, 0.1) is 18.0 Å². The minimum Gasteiger partial charge on any atom is -0.383 e. The maximum Gasteiger partial charge on any atom is 0.255 e. The lowest BCUT2D eigenvalue weighted by Gasteiger charge is -2.07. The van der Waals surface area contributed by atoms with Crippen LogP contribution in [-0.4, -0.2) is 38.7 Å². The summed E-state index contributed by atoms with van der Waals surface area (Å²) in [7, 11) is -3.30. The molecule has 1 aromatic heterocycles. The second-order valence-electron chi connectivity index (χ2n) is 3.51. The number of amides is 1. The first kappa shape index (κ1) is 14.3. The van der Waals surface area contributed by atoms with Gasteiger partial charge in [-0.1, -0.05) is 0 Å². The van der Waals surface area contributed by atoms with Crippen LogP contribution in [0.15, 0.2) is 12.3 Å². The van der Waals surface area contributed by atoms with E-state index in [4.69, 9.17) is 5.73 Å². The van der Waals surface area contributed by atoms with Gasteiger partial charge in [-0.3, -0.25) is 4.79 Å². The molecule has 0 saturated carbocycles. The van der Waals surface area contributed by atoms with Crippen LogP contribution in [0, 0.1) is 5.82 Å². The third-order valence-corrected chi connectivity index (χ3v) is 2.63. The second kappa shape index (κ2) is 5.74. The molecule has 0 unspecified atom stereocenters. The van der Waals surface area contributed by atoms with E-state index >= 15 is 0 Å². The predicted octanol–water partition coefficient (Wildman–Crippen LogP) is -0.918. The second-order valence-corrected chi connectivity index (χ2v) is 5.34. The summed E-state index contributed by atoms with van der Waals surface area (Å²) in [4.78, 5) is 15.1. The van der Waals surface area contributed by atoms with Crippen LogP contribution in [-0.2, 0) is 10.0 Å². The molecule has 9 heteroatoms. The van der Waals surface area contributed by atoms with Crippen molar-refractivity contribution in [1.82, 2.24) is 15.0 Å². The van der Waals surface area contributed by atoms with E-state index < -0.39 is 21.7 Å². The van der Waals surface area contributed by atoms with E-state index in [2.05, 4.69) is 15.0 Å². The number of sulfonamides is 1. The van der Waals surface area contributed by atoms with E-state index in [9.17, 15) is 17.6 Å². The summed E-state index contributed by atoms with van der Waals surface area (Å²) in [6.07, 6.45) is 1.90. The van der Waals surface area contributed by atoms with Crippen LogP contribution in [0.4, 0.5) is 10.2 Å². The number of hydrogen-bond donors (Lipinski definition) is 3. The summed E-state index contributed by atoms with van der Waals surface area (Å²) in [5.41, 5.74) is 5.33. The van der Waals surface area contributed by atoms with Crippen LogP contribution in [0.25, 0.3) is 0 Å². The van der Waals surface area contributed by atoms with Gasteiger partial charge in [-0.2, -0.15) is 0 Å². The Morgan fingerprint density at radius 3 is 2.78 bits per heavy atom. The van der Waals surface area contributed by atoms with Crippen molar-refractivity contribution >= 4 is 21.7 Å². The Balaban J connectivity index is 2.53. The number of nitrogens with two attached hydrogens (primary N) is 1. The molecule has 0 aliphatic heterocycles. The number of aromatic nitrogens is 1. The molecule has 0 saturated heterocycles. The van der Waals surface area contributed by atoms with Crippen molar-refractivity contribution in [1.29, 1.82) is 0 Å². The highest BCUT2D eigenvalue weighted by atomic mass is 32.2. The Bertz CT molecular complexity index is 547. The minimum atomic E-state index is -3.30. The molecule has 0 aliphatic carbocycles. The molecule has 0 aliphatic rings. The first-order chi connectivity index (χ1) is 8.29. The lowest BCUT2D eigenvalue weighted by molar-refractivity contribution is 0.0954. The molecule has 0 atom stereocenters. The Morgan fingerprint density at radius 1 is 1.50 bits per heavy atom. The Morgan fingerprint density at radius 2 is 2.17 bits per heavy atom. The average molecular weight is 276 g/mol. The Hall–Kier alpha value is -1.74.